The summed E-state index contributed by atoms with van der Waals surface area (Å²) in [6, 6.07) is 0. The monoisotopic (exact) mass is 202 g/mol. The summed E-state index contributed by atoms with van der Waals surface area (Å²) in [4.78, 5) is 11.4. The Morgan fingerprint density at radius 2 is 1.62 bits per heavy atom. The fraction of sp³-hybridized carbons (Fsp3) is 0.900. The van der Waals surface area contributed by atoms with Gasteiger partial charge in [0, 0.05) is 5.92 Å². The van der Waals surface area contributed by atoms with Crippen molar-refractivity contribution in [3.63, 3.8) is 0 Å². The first kappa shape index (κ1) is 12.7. The highest BCUT2D eigenvalue weighted by Gasteiger charge is 2.40. The summed E-state index contributed by atoms with van der Waals surface area (Å²) in [6.45, 7) is 14.3. The molecule has 0 aromatic carbocycles. The van der Waals surface area contributed by atoms with Crippen molar-refractivity contribution < 1.29 is 9.22 Å². The topological polar surface area (TPSA) is 26.3 Å². The maximum atomic E-state index is 11.4. The zero-order valence-electron chi connectivity index (χ0n) is 9.89. The van der Waals surface area contributed by atoms with Gasteiger partial charge in [-0.25, -0.2) is 0 Å². The number of rotatable bonds is 2. The largest absolute Gasteiger partial charge is 0.519 e. The number of carbonyl (C=O) groups excluding carboxylic acids is 1. The Bertz CT molecular complexity index is 190. The highest BCUT2D eigenvalue weighted by molar-refractivity contribution is 6.75. The van der Waals surface area contributed by atoms with Gasteiger partial charge in [0.05, 0.1) is 0 Å². The van der Waals surface area contributed by atoms with Crippen molar-refractivity contribution in [2.75, 3.05) is 0 Å². The van der Waals surface area contributed by atoms with E-state index in [4.69, 9.17) is 4.43 Å². The van der Waals surface area contributed by atoms with Gasteiger partial charge in [0.25, 0.3) is 14.3 Å². The summed E-state index contributed by atoms with van der Waals surface area (Å²) in [6.07, 6.45) is 0. The van der Waals surface area contributed by atoms with Crippen molar-refractivity contribution >= 4 is 14.3 Å². The number of carbonyl (C=O) groups is 1. The molecule has 0 radical (unpaired) electrons. The van der Waals surface area contributed by atoms with Crippen LogP contribution in [0, 0.1) is 5.92 Å². The van der Waals surface area contributed by atoms with E-state index in [-0.39, 0.29) is 16.9 Å². The van der Waals surface area contributed by atoms with Crippen molar-refractivity contribution in [1.82, 2.24) is 0 Å². The van der Waals surface area contributed by atoms with Gasteiger partial charge in [0.2, 0.25) is 0 Å². The van der Waals surface area contributed by atoms with Crippen molar-refractivity contribution in [2.24, 2.45) is 5.92 Å². The van der Waals surface area contributed by atoms with E-state index in [1.165, 1.54) is 0 Å². The van der Waals surface area contributed by atoms with Crippen LogP contribution in [0.25, 0.3) is 0 Å². The number of hydrogen-bond donors (Lipinski definition) is 0. The minimum absolute atomic E-state index is 0.0193. The normalized spacial score (nSPS) is 13.2. The van der Waals surface area contributed by atoms with Crippen LogP contribution in [0.4, 0.5) is 0 Å². The second-order valence-electron chi connectivity index (χ2n) is 5.34. The highest BCUT2D eigenvalue weighted by atomic mass is 28.4. The first-order valence-corrected chi connectivity index (χ1v) is 7.71. The molecule has 0 saturated carbocycles. The van der Waals surface area contributed by atoms with Crippen LogP contribution < -0.4 is 0 Å². The minimum Gasteiger partial charge on any atom is -0.519 e. The summed E-state index contributed by atoms with van der Waals surface area (Å²) in [5, 5.41) is 0.109. The van der Waals surface area contributed by atoms with Crippen molar-refractivity contribution in [2.45, 2.75) is 52.8 Å². The van der Waals surface area contributed by atoms with Crippen LogP contribution in [0.1, 0.15) is 34.6 Å². The van der Waals surface area contributed by atoms with Gasteiger partial charge < -0.3 is 4.43 Å². The Labute approximate surface area is 82.8 Å². The molecule has 0 heterocycles. The summed E-state index contributed by atoms with van der Waals surface area (Å²) >= 11 is 0. The lowest BCUT2D eigenvalue weighted by atomic mass is 10.2. The molecule has 13 heavy (non-hydrogen) atoms. The van der Waals surface area contributed by atoms with Gasteiger partial charge in [-0.15, -0.1) is 0 Å². The lowest BCUT2D eigenvalue weighted by Crippen LogP contribution is -2.43. The quantitative estimate of drug-likeness (QED) is 0.643. The highest BCUT2D eigenvalue weighted by Crippen LogP contribution is 2.36. The molecule has 3 heteroatoms. The van der Waals surface area contributed by atoms with Crippen molar-refractivity contribution in [3.8, 4) is 0 Å². The molecule has 78 valence electrons. The Hall–Kier alpha value is -0.313. The molecule has 0 atom stereocenters. The van der Waals surface area contributed by atoms with E-state index in [0.29, 0.717) is 0 Å². The Morgan fingerprint density at radius 1 is 1.23 bits per heavy atom. The molecular weight excluding hydrogens is 180 g/mol. The molecule has 0 aromatic heterocycles. The molecule has 0 bridgehead atoms. The van der Waals surface area contributed by atoms with Crippen LogP contribution in [0.15, 0.2) is 0 Å². The minimum atomic E-state index is -1.88. The molecule has 0 rings (SSSR count). The molecule has 0 unspecified atom stereocenters. The van der Waals surface area contributed by atoms with E-state index < -0.39 is 8.32 Å². The van der Waals surface area contributed by atoms with E-state index in [1.807, 2.05) is 13.8 Å². The lowest BCUT2D eigenvalue weighted by molar-refractivity contribution is -0.138. The molecular formula is C10H22O2Si. The molecule has 0 aliphatic carbocycles. The molecule has 0 spiro atoms. The molecule has 0 N–H and O–H groups in total. The van der Waals surface area contributed by atoms with Crippen LogP contribution in [0.2, 0.25) is 18.1 Å². The SMILES string of the molecule is CC(C)C(=O)O[Si](C)(C)C(C)(C)C. The summed E-state index contributed by atoms with van der Waals surface area (Å²) in [7, 11) is -1.88. The molecule has 0 aliphatic heterocycles. The first-order valence-electron chi connectivity index (χ1n) is 4.81. The fourth-order valence-electron chi connectivity index (χ4n) is 0.522. The summed E-state index contributed by atoms with van der Waals surface area (Å²) < 4.78 is 5.56. The van der Waals surface area contributed by atoms with Crippen LogP contribution in [0.3, 0.4) is 0 Å². The Morgan fingerprint density at radius 3 is 1.85 bits per heavy atom. The predicted octanol–water partition coefficient (Wildman–Crippen LogP) is 3.19. The van der Waals surface area contributed by atoms with E-state index in [2.05, 4.69) is 33.9 Å². The Balaban J connectivity index is 4.44. The van der Waals surface area contributed by atoms with Gasteiger partial charge in [-0.3, -0.25) is 4.79 Å². The third kappa shape index (κ3) is 3.51. The van der Waals surface area contributed by atoms with E-state index in [9.17, 15) is 4.79 Å². The standard InChI is InChI=1S/C10H22O2Si/c1-8(2)9(11)12-13(6,7)10(3,4)5/h8H,1-7H3. The van der Waals surface area contributed by atoms with Crippen molar-refractivity contribution in [1.29, 1.82) is 0 Å². The van der Waals surface area contributed by atoms with Crippen LogP contribution in [-0.4, -0.2) is 14.3 Å². The third-order valence-corrected chi connectivity index (χ3v) is 6.96. The predicted molar refractivity (Wildman–Crippen MR) is 58.1 cm³/mol. The molecule has 0 amide bonds. The van der Waals surface area contributed by atoms with E-state index in [0.717, 1.165) is 0 Å². The summed E-state index contributed by atoms with van der Waals surface area (Å²) in [5.74, 6) is -0.0827. The van der Waals surface area contributed by atoms with Gasteiger partial charge in [-0.2, -0.15) is 0 Å². The molecule has 2 nitrogen and oxygen atoms in total. The lowest BCUT2D eigenvalue weighted by Gasteiger charge is -2.35. The molecule has 0 fully saturated rings. The average Bonchev–Trinajstić information content (AvgIpc) is 1.83. The molecule has 0 saturated heterocycles. The molecule has 0 aliphatic rings. The first-order chi connectivity index (χ1) is 5.58. The van der Waals surface area contributed by atoms with Gasteiger partial charge in [0.1, 0.15) is 0 Å². The van der Waals surface area contributed by atoms with E-state index >= 15 is 0 Å². The zero-order valence-corrected chi connectivity index (χ0v) is 10.9. The van der Waals surface area contributed by atoms with Crippen LogP contribution in [-0.2, 0) is 9.22 Å². The van der Waals surface area contributed by atoms with Crippen LogP contribution in [0.5, 0.6) is 0 Å². The maximum absolute atomic E-state index is 11.4. The van der Waals surface area contributed by atoms with Gasteiger partial charge in [0.15, 0.2) is 0 Å². The van der Waals surface area contributed by atoms with Gasteiger partial charge >= 0.3 is 0 Å². The average molecular weight is 202 g/mol. The molecule has 0 aromatic rings. The number of hydrogen-bond acceptors (Lipinski definition) is 2. The zero-order chi connectivity index (χ0) is 10.9. The van der Waals surface area contributed by atoms with Crippen LogP contribution >= 0.6 is 0 Å². The maximum Gasteiger partial charge on any atom is 0.295 e. The van der Waals surface area contributed by atoms with Gasteiger partial charge in [-0.05, 0) is 18.1 Å². The fourth-order valence-corrected chi connectivity index (χ4v) is 1.57. The summed E-state index contributed by atoms with van der Waals surface area (Å²) in [5.41, 5.74) is 0. The van der Waals surface area contributed by atoms with Gasteiger partial charge in [-0.1, -0.05) is 34.6 Å². The third-order valence-electron chi connectivity index (χ3n) is 2.63. The second-order valence-corrected chi connectivity index (χ2v) is 10.1. The smallest absolute Gasteiger partial charge is 0.295 e. The second kappa shape index (κ2) is 3.82. The Kier molecular flexibility index (Phi) is 3.73. The van der Waals surface area contributed by atoms with E-state index in [1.54, 1.807) is 0 Å². The van der Waals surface area contributed by atoms with Crippen molar-refractivity contribution in [3.05, 3.63) is 0 Å².